The van der Waals surface area contributed by atoms with Crippen LogP contribution >= 0.6 is 0 Å². The van der Waals surface area contributed by atoms with Gasteiger partial charge in [-0.25, -0.2) is 13.8 Å². The molecule has 6 heteroatoms. The highest BCUT2D eigenvalue weighted by atomic mass is 19.1. The molecule has 1 aromatic heterocycles. The third-order valence-electron chi connectivity index (χ3n) is 4.13. The molecule has 0 saturated carbocycles. The summed E-state index contributed by atoms with van der Waals surface area (Å²) in [7, 11) is 1.92. The van der Waals surface area contributed by atoms with Gasteiger partial charge in [0.25, 0.3) is 0 Å². The summed E-state index contributed by atoms with van der Waals surface area (Å²) in [5, 5.41) is 3.20. The van der Waals surface area contributed by atoms with Crippen molar-refractivity contribution in [1.82, 2.24) is 14.9 Å². The fourth-order valence-corrected chi connectivity index (χ4v) is 2.81. The van der Waals surface area contributed by atoms with Crippen molar-refractivity contribution < 1.29 is 8.78 Å². The Morgan fingerprint density at radius 3 is 2.70 bits per heavy atom. The van der Waals surface area contributed by atoms with E-state index in [4.69, 9.17) is 0 Å². The molecule has 1 aromatic carbocycles. The van der Waals surface area contributed by atoms with E-state index in [1.807, 2.05) is 11.9 Å². The van der Waals surface area contributed by atoms with Gasteiger partial charge in [0, 0.05) is 31.9 Å². The van der Waals surface area contributed by atoms with Gasteiger partial charge in [0.05, 0.1) is 11.7 Å². The van der Waals surface area contributed by atoms with E-state index in [9.17, 15) is 8.78 Å². The number of nitrogens with one attached hydrogen (secondary N) is 1. The minimum atomic E-state index is -0.936. The van der Waals surface area contributed by atoms with Gasteiger partial charge in [-0.3, -0.25) is 4.98 Å². The van der Waals surface area contributed by atoms with Crippen LogP contribution in [0.25, 0.3) is 0 Å². The predicted octanol–water partition coefficient (Wildman–Crippen LogP) is 2.66. The molecular formula is C17H20F2N4. The Morgan fingerprint density at radius 1 is 1.22 bits per heavy atom. The van der Waals surface area contributed by atoms with Gasteiger partial charge in [-0.2, -0.15) is 0 Å². The molecule has 122 valence electrons. The lowest BCUT2D eigenvalue weighted by molar-refractivity contribution is 0.149. The molecule has 0 radical (unpaired) electrons. The minimum absolute atomic E-state index is 0.255. The number of nitrogens with zero attached hydrogens (tertiary/aromatic N) is 3. The second kappa shape index (κ2) is 7.00. The lowest BCUT2D eigenvalue weighted by atomic mass is 10.0. The molecule has 0 unspecified atom stereocenters. The van der Waals surface area contributed by atoms with Crippen molar-refractivity contribution in [3.05, 3.63) is 53.7 Å². The quantitative estimate of drug-likeness (QED) is 0.941. The maximum absolute atomic E-state index is 14.2. The average molecular weight is 318 g/mol. The number of likely N-dealkylation sites (tertiary alicyclic amines) is 1. The summed E-state index contributed by atoms with van der Waals surface area (Å²) in [5.74, 6) is 0.340. The first-order valence-electron chi connectivity index (χ1n) is 7.75. The van der Waals surface area contributed by atoms with Crippen molar-refractivity contribution in [3.8, 4) is 0 Å². The molecule has 2 heterocycles. The van der Waals surface area contributed by atoms with Crippen molar-refractivity contribution in [2.75, 3.05) is 25.5 Å². The lowest BCUT2D eigenvalue weighted by Gasteiger charge is -2.33. The molecule has 1 saturated heterocycles. The molecular weight excluding hydrogens is 298 g/mol. The highest BCUT2D eigenvalue weighted by Gasteiger charge is 2.28. The molecule has 1 fully saturated rings. The first-order valence-corrected chi connectivity index (χ1v) is 7.75. The topological polar surface area (TPSA) is 41.0 Å². The second-order valence-corrected chi connectivity index (χ2v) is 5.97. The third kappa shape index (κ3) is 4.01. The number of hydrogen-bond acceptors (Lipinski definition) is 4. The number of alkyl halides is 1. The van der Waals surface area contributed by atoms with Crippen molar-refractivity contribution in [1.29, 1.82) is 0 Å². The Hall–Kier alpha value is -2.08. The fourth-order valence-electron chi connectivity index (χ4n) is 2.81. The van der Waals surface area contributed by atoms with E-state index in [1.54, 1.807) is 24.5 Å². The van der Waals surface area contributed by atoms with Crippen LogP contribution in [-0.2, 0) is 6.42 Å². The number of halogens is 2. The zero-order chi connectivity index (χ0) is 16.2. The summed E-state index contributed by atoms with van der Waals surface area (Å²) in [6, 6.07) is 6.04. The summed E-state index contributed by atoms with van der Waals surface area (Å²) in [4.78, 5) is 10.6. The van der Waals surface area contributed by atoms with Gasteiger partial charge in [0.1, 0.15) is 17.8 Å². The maximum Gasteiger partial charge on any atom is 0.148 e. The molecule has 2 atom stereocenters. The van der Waals surface area contributed by atoms with Crippen LogP contribution in [0.3, 0.4) is 0 Å². The SMILES string of the molecule is CN1CC[C@H](Nc2nccnc2Cc2ccc(F)cc2)[C@@H](F)C1. The summed E-state index contributed by atoms with van der Waals surface area (Å²) in [5.41, 5.74) is 1.68. The summed E-state index contributed by atoms with van der Waals surface area (Å²) in [6.07, 6.45) is 3.53. The first-order chi connectivity index (χ1) is 11.1. The molecule has 3 rings (SSSR count). The maximum atomic E-state index is 14.2. The molecule has 0 aliphatic carbocycles. The molecule has 0 amide bonds. The Bertz CT molecular complexity index is 647. The number of piperidine rings is 1. The molecule has 0 bridgehead atoms. The van der Waals surface area contributed by atoms with Crippen molar-refractivity contribution in [3.63, 3.8) is 0 Å². The molecule has 2 aromatic rings. The van der Waals surface area contributed by atoms with Crippen molar-refractivity contribution in [2.24, 2.45) is 0 Å². The molecule has 4 nitrogen and oxygen atoms in total. The van der Waals surface area contributed by atoms with Crippen LogP contribution in [0.4, 0.5) is 14.6 Å². The monoisotopic (exact) mass is 318 g/mol. The zero-order valence-electron chi connectivity index (χ0n) is 13.0. The standard InChI is InChI=1S/C17H20F2N4/c1-23-9-6-15(14(19)11-23)22-17-16(20-7-8-21-17)10-12-2-4-13(18)5-3-12/h2-5,7-8,14-15H,6,9-11H2,1H3,(H,21,22)/t14-,15-/m0/s1. The summed E-state index contributed by atoms with van der Waals surface area (Å²) >= 11 is 0. The Morgan fingerprint density at radius 2 is 1.96 bits per heavy atom. The number of benzene rings is 1. The smallest absolute Gasteiger partial charge is 0.148 e. The molecule has 23 heavy (non-hydrogen) atoms. The molecule has 1 aliphatic heterocycles. The second-order valence-electron chi connectivity index (χ2n) is 5.97. The number of hydrogen-bond donors (Lipinski definition) is 1. The number of aromatic nitrogens is 2. The highest BCUT2D eigenvalue weighted by molar-refractivity contribution is 5.43. The lowest BCUT2D eigenvalue weighted by Crippen LogP contribution is -2.46. The zero-order valence-corrected chi connectivity index (χ0v) is 13.0. The van der Waals surface area contributed by atoms with Crippen LogP contribution in [0.5, 0.6) is 0 Å². The van der Waals surface area contributed by atoms with E-state index in [-0.39, 0.29) is 11.9 Å². The van der Waals surface area contributed by atoms with Gasteiger partial charge in [-0.05, 0) is 31.2 Å². The largest absolute Gasteiger partial charge is 0.363 e. The van der Waals surface area contributed by atoms with Gasteiger partial charge >= 0.3 is 0 Å². The van der Waals surface area contributed by atoms with E-state index in [0.717, 1.165) is 24.2 Å². The molecule has 1 N–H and O–H groups in total. The van der Waals surface area contributed by atoms with Crippen LogP contribution in [-0.4, -0.2) is 47.2 Å². The van der Waals surface area contributed by atoms with Gasteiger partial charge in [0.2, 0.25) is 0 Å². The Kier molecular flexibility index (Phi) is 4.81. The Balaban J connectivity index is 1.74. The van der Waals surface area contributed by atoms with Gasteiger partial charge in [-0.15, -0.1) is 0 Å². The van der Waals surface area contributed by atoms with Crippen LogP contribution < -0.4 is 5.32 Å². The summed E-state index contributed by atoms with van der Waals surface area (Å²) < 4.78 is 27.2. The van der Waals surface area contributed by atoms with Gasteiger partial charge < -0.3 is 10.2 Å². The molecule has 0 spiro atoms. The minimum Gasteiger partial charge on any atom is -0.363 e. The predicted molar refractivity (Wildman–Crippen MR) is 85.7 cm³/mol. The Labute approximate surface area is 134 Å². The van der Waals surface area contributed by atoms with Crippen LogP contribution in [0, 0.1) is 5.82 Å². The van der Waals surface area contributed by atoms with E-state index < -0.39 is 6.17 Å². The normalized spacial score (nSPS) is 22.0. The molecule has 1 aliphatic rings. The van der Waals surface area contributed by atoms with Crippen molar-refractivity contribution >= 4 is 5.82 Å². The van der Waals surface area contributed by atoms with E-state index in [1.165, 1.54) is 12.1 Å². The van der Waals surface area contributed by atoms with E-state index in [2.05, 4.69) is 15.3 Å². The first kappa shape index (κ1) is 15.8. The highest BCUT2D eigenvalue weighted by Crippen LogP contribution is 2.20. The van der Waals surface area contributed by atoms with Gasteiger partial charge in [-0.1, -0.05) is 12.1 Å². The summed E-state index contributed by atoms with van der Waals surface area (Å²) in [6.45, 7) is 1.27. The van der Waals surface area contributed by atoms with Crippen LogP contribution in [0.2, 0.25) is 0 Å². The van der Waals surface area contributed by atoms with E-state index >= 15 is 0 Å². The van der Waals surface area contributed by atoms with E-state index in [0.29, 0.717) is 18.8 Å². The average Bonchev–Trinajstić information content (AvgIpc) is 2.54. The van der Waals surface area contributed by atoms with Crippen LogP contribution in [0.1, 0.15) is 17.7 Å². The third-order valence-corrected chi connectivity index (χ3v) is 4.13. The number of rotatable bonds is 4. The fraction of sp³-hybridized carbons (Fsp3) is 0.412. The van der Waals surface area contributed by atoms with Gasteiger partial charge in [0.15, 0.2) is 0 Å². The van der Waals surface area contributed by atoms with Crippen molar-refractivity contribution in [2.45, 2.75) is 25.1 Å². The van der Waals surface area contributed by atoms with Crippen LogP contribution in [0.15, 0.2) is 36.7 Å². The number of anilines is 1.